The molecule has 0 bridgehead atoms. The lowest BCUT2D eigenvalue weighted by atomic mass is 9.88. The van der Waals surface area contributed by atoms with Gasteiger partial charge < -0.3 is 5.32 Å². The van der Waals surface area contributed by atoms with E-state index in [2.05, 4.69) is 12.2 Å². The molecule has 1 N–H and O–H groups in total. The smallest absolute Gasteiger partial charge is 0.150 e. The van der Waals surface area contributed by atoms with E-state index in [1.54, 1.807) is 0 Å². The van der Waals surface area contributed by atoms with Crippen molar-refractivity contribution in [1.82, 2.24) is 5.32 Å². The molecule has 3 nitrogen and oxygen atoms in total. The highest BCUT2D eigenvalue weighted by Crippen LogP contribution is 2.29. The number of hydrogen-bond acceptors (Lipinski definition) is 3. The van der Waals surface area contributed by atoms with E-state index < -0.39 is 9.84 Å². The third-order valence-electron chi connectivity index (χ3n) is 3.84. The van der Waals surface area contributed by atoms with Crippen LogP contribution in [0.3, 0.4) is 0 Å². The summed E-state index contributed by atoms with van der Waals surface area (Å²) in [6.07, 6.45) is 5.83. The quantitative estimate of drug-likeness (QED) is 0.773. The topological polar surface area (TPSA) is 46.2 Å². The van der Waals surface area contributed by atoms with Gasteiger partial charge in [0.15, 0.2) is 9.84 Å². The molecule has 1 heterocycles. The lowest BCUT2D eigenvalue weighted by molar-refractivity contribution is 0.322. The summed E-state index contributed by atoms with van der Waals surface area (Å²) in [6.45, 7) is 3.21. The molecule has 0 aromatic carbocycles. The average Bonchev–Trinajstić information content (AvgIpc) is 2.97. The van der Waals surface area contributed by atoms with E-state index in [4.69, 9.17) is 0 Å². The first-order chi connectivity index (χ1) is 7.61. The SMILES string of the molecule is CCCC(CNC1CC1)C1CCS(=O)(=O)C1. The van der Waals surface area contributed by atoms with Gasteiger partial charge in [0.2, 0.25) is 0 Å². The predicted octanol–water partition coefficient (Wildman–Crippen LogP) is 1.59. The Hall–Kier alpha value is -0.0900. The van der Waals surface area contributed by atoms with E-state index in [0.29, 0.717) is 23.3 Å². The molecule has 1 aliphatic heterocycles. The highest BCUT2D eigenvalue weighted by molar-refractivity contribution is 7.91. The van der Waals surface area contributed by atoms with Gasteiger partial charge in [-0.05, 0) is 44.1 Å². The maximum absolute atomic E-state index is 11.5. The van der Waals surface area contributed by atoms with E-state index in [1.165, 1.54) is 19.3 Å². The van der Waals surface area contributed by atoms with Crippen LogP contribution in [0.15, 0.2) is 0 Å². The number of hydrogen-bond donors (Lipinski definition) is 1. The molecule has 0 aromatic rings. The van der Waals surface area contributed by atoms with Crippen LogP contribution in [0.25, 0.3) is 0 Å². The normalized spacial score (nSPS) is 30.4. The standard InChI is InChI=1S/C12H23NO2S/c1-2-3-10(8-13-12-4-5-12)11-6-7-16(14,15)9-11/h10-13H,2-9H2,1H3. The van der Waals surface area contributed by atoms with E-state index in [9.17, 15) is 8.42 Å². The van der Waals surface area contributed by atoms with Crippen LogP contribution in [0.4, 0.5) is 0 Å². The minimum Gasteiger partial charge on any atom is -0.314 e. The first-order valence-corrected chi connectivity index (χ1v) is 8.36. The zero-order valence-electron chi connectivity index (χ0n) is 10.1. The van der Waals surface area contributed by atoms with Crippen molar-refractivity contribution < 1.29 is 8.42 Å². The molecule has 0 spiro atoms. The maximum atomic E-state index is 11.5. The van der Waals surface area contributed by atoms with Gasteiger partial charge in [-0.3, -0.25) is 0 Å². The van der Waals surface area contributed by atoms with E-state index >= 15 is 0 Å². The van der Waals surface area contributed by atoms with Crippen LogP contribution in [-0.2, 0) is 9.84 Å². The van der Waals surface area contributed by atoms with Crippen molar-refractivity contribution in [3.63, 3.8) is 0 Å². The van der Waals surface area contributed by atoms with Crippen LogP contribution >= 0.6 is 0 Å². The Bertz CT molecular complexity index is 322. The molecular weight excluding hydrogens is 222 g/mol. The first-order valence-electron chi connectivity index (χ1n) is 6.54. The van der Waals surface area contributed by atoms with E-state index in [0.717, 1.165) is 25.4 Å². The Morgan fingerprint density at radius 3 is 2.56 bits per heavy atom. The Morgan fingerprint density at radius 2 is 2.06 bits per heavy atom. The molecule has 2 fully saturated rings. The van der Waals surface area contributed by atoms with E-state index in [1.807, 2.05) is 0 Å². The Kier molecular flexibility index (Phi) is 3.90. The number of nitrogens with one attached hydrogen (secondary N) is 1. The van der Waals surface area contributed by atoms with Crippen molar-refractivity contribution in [2.75, 3.05) is 18.1 Å². The molecule has 1 saturated heterocycles. The fourth-order valence-electron chi connectivity index (χ4n) is 2.68. The highest BCUT2D eigenvalue weighted by Gasteiger charge is 2.33. The van der Waals surface area contributed by atoms with Crippen molar-refractivity contribution >= 4 is 9.84 Å². The van der Waals surface area contributed by atoms with Gasteiger partial charge in [-0.2, -0.15) is 0 Å². The minimum atomic E-state index is -2.71. The molecular formula is C12H23NO2S. The first kappa shape index (κ1) is 12.4. The van der Waals surface area contributed by atoms with Crippen molar-refractivity contribution in [3.8, 4) is 0 Å². The molecule has 1 aliphatic carbocycles. The fourth-order valence-corrected chi connectivity index (χ4v) is 4.60. The molecule has 94 valence electrons. The summed E-state index contributed by atoms with van der Waals surface area (Å²) >= 11 is 0. The Labute approximate surface area is 98.9 Å². The Morgan fingerprint density at radius 1 is 1.31 bits per heavy atom. The summed E-state index contributed by atoms with van der Waals surface area (Å²) in [4.78, 5) is 0. The van der Waals surface area contributed by atoms with Gasteiger partial charge in [0.05, 0.1) is 11.5 Å². The molecule has 0 radical (unpaired) electrons. The predicted molar refractivity (Wildman–Crippen MR) is 66.2 cm³/mol. The third kappa shape index (κ3) is 3.45. The summed E-state index contributed by atoms with van der Waals surface area (Å²) in [5.74, 6) is 1.84. The zero-order valence-corrected chi connectivity index (χ0v) is 10.9. The van der Waals surface area contributed by atoms with Crippen LogP contribution in [0.5, 0.6) is 0 Å². The maximum Gasteiger partial charge on any atom is 0.150 e. The highest BCUT2D eigenvalue weighted by atomic mass is 32.2. The monoisotopic (exact) mass is 245 g/mol. The molecule has 0 amide bonds. The van der Waals surface area contributed by atoms with Gasteiger partial charge in [0.25, 0.3) is 0 Å². The zero-order chi connectivity index (χ0) is 11.6. The van der Waals surface area contributed by atoms with Crippen molar-refractivity contribution in [1.29, 1.82) is 0 Å². The molecule has 1 saturated carbocycles. The molecule has 2 aliphatic rings. The van der Waals surface area contributed by atoms with Crippen LogP contribution in [0.2, 0.25) is 0 Å². The fraction of sp³-hybridized carbons (Fsp3) is 1.00. The molecule has 2 rings (SSSR count). The summed E-state index contributed by atoms with van der Waals surface area (Å²) in [5, 5.41) is 3.55. The van der Waals surface area contributed by atoms with Crippen LogP contribution < -0.4 is 5.32 Å². The van der Waals surface area contributed by atoms with Gasteiger partial charge in [0, 0.05) is 6.04 Å². The van der Waals surface area contributed by atoms with Crippen LogP contribution in [0, 0.1) is 11.8 Å². The van der Waals surface area contributed by atoms with Gasteiger partial charge in [0.1, 0.15) is 0 Å². The van der Waals surface area contributed by atoms with Crippen molar-refractivity contribution in [2.24, 2.45) is 11.8 Å². The molecule has 0 aromatic heterocycles. The Balaban J connectivity index is 1.85. The number of sulfone groups is 1. The lowest BCUT2D eigenvalue weighted by Gasteiger charge is -2.22. The molecule has 4 heteroatoms. The van der Waals surface area contributed by atoms with Crippen molar-refractivity contribution in [2.45, 2.75) is 45.1 Å². The summed E-state index contributed by atoms with van der Waals surface area (Å²) in [5.41, 5.74) is 0. The van der Waals surface area contributed by atoms with Gasteiger partial charge in [-0.15, -0.1) is 0 Å². The minimum absolute atomic E-state index is 0.413. The lowest BCUT2D eigenvalue weighted by Crippen LogP contribution is -2.30. The molecule has 2 unspecified atom stereocenters. The second-order valence-electron chi connectivity index (χ2n) is 5.39. The van der Waals surface area contributed by atoms with Crippen molar-refractivity contribution in [3.05, 3.63) is 0 Å². The van der Waals surface area contributed by atoms with Gasteiger partial charge in [-0.1, -0.05) is 13.3 Å². The number of rotatable bonds is 6. The second kappa shape index (κ2) is 5.05. The van der Waals surface area contributed by atoms with Gasteiger partial charge >= 0.3 is 0 Å². The summed E-state index contributed by atoms with van der Waals surface area (Å²) in [7, 11) is -2.71. The average molecular weight is 245 g/mol. The largest absolute Gasteiger partial charge is 0.314 e. The van der Waals surface area contributed by atoms with Crippen LogP contribution in [-0.4, -0.2) is 32.5 Å². The molecule has 16 heavy (non-hydrogen) atoms. The summed E-state index contributed by atoms with van der Waals surface area (Å²) in [6, 6.07) is 0.734. The molecule has 2 atom stereocenters. The summed E-state index contributed by atoms with van der Waals surface area (Å²) < 4.78 is 23.0. The third-order valence-corrected chi connectivity index (χ3v) is 5.63. The second-order valence-corrected chi connectivity index (χ2v) is 7.62. The van der Waals surface area contributed by atoms with Gasteiger partial charge in [-0.25, -0.2) is 8.42 Å². The van der Waals surface area contributed by atoms with E-state index in [-0.39, 0.29) is 0 Å². The van der Waals surface area contributed by atoms with Crippen LogP contribution in [0.1, 0.15) is 39.0 Å².